The van der Waals surface area contributed by atoms with Crippen molar-refractivity contribution >= 4 is 11.6 Å². The lowest BCUT2D eigenvalue weighted by Crippen LogP contribution is -2.29. The largest absolute Gasteiger partial charge is 0.322 e. The molecule has 0 spiro atoms. The second-order valence-corrected chi connectivity index (χ2v) is 5.92. The van der Waals surface area contributed by atoms with Gasteiger partial charge in [0, 0.05) is 0 Å². The summed E-state index contributed by atoms with van der Waals surface area (Å²) in [5, 5.41) is 10.7. The normalized spacial score (nSPS) is 14.1. The molecule has 1 aliphatic carbocycles. The number of nitrogens with zero attached hydrogens (tertiary/aromatic N) is 2. The van der Waals surface area contributed by atoms with Crippen LogP contribution in [-0.4, -0.2) is 28.8 Å². The molecule has 0 bridgehead atoms. The van der Waals surface area contributed by atoms with Gasteiger partial charge in [0.05, 0.1) is 29.3 Å². The maximum Gasteiger partial charge on any atom is 0.238 e. The predicted octanol–water partition coefficient (Wildman–Crippen LogP) is 2.43. The molecule has 116 valence electrons. The van der Waals surface area contributed by atoms with Crippen molar-refractivity contribution in [2.45, 2.75) is 26.7 Å². The fourth-order valence-electron chi connectivity index (χ4n) is 2.54. The zero-order chi connectivity index (χ0) is 15.5. The summed E-state index contributed by atoms with van der Waals surface area (Å²) in [6.07, 6.45) is 2.58. The molecule has 5 heteroatoms. The molecule has 1 amide bonds. The minimum absolute atomic E-state index is 0.0144. The number of anilines is 1. The van der Waals surface area contributed by atoms with E-state index in [0.29, 0.717) is 6.54 Å². The van der Waals surface area contributed by atoms with Crippen LogP contribution in [0.5, 0.6) is 0 Å². The Kier molecular flexibility index (Phi) is 4.24. The third kappa shape index (κ3) is 3.36. The lowest BCUT2D eigenvalue weighted by Gasteiger charge is -2.08. The van der Waals surface area contributed by atoms with Crippen LogP contribution >= 0.6 is 0 Å². The molecule has 1 aromatic heterocycles. The summed E-state index contributed by atoms with van der Waals surface area (Å²) in [5.41, 5.74) is 3.58. The first-order valence-electron chi connectivity index (χ1n) is 7.77. The molecule has 1 fully saturated rings. The third-order valence-corrected chi connectivity index (χ3v) is 3.97. The molecule has 0 saturated heterocycles. The van der Waals surface area contributed by atoms with Gasteiger partial charge in [0.15, 0.2) is 0 Å². The second kappa shape index (κ2) is 6.32. The molecule has 22 heavy (non-hydrogen) atoms. The number of carbonyl (C=O) groups is 1. The van der Waals surface area contributed by atoms with Crippen molar-refractivity contribution in [1.29, 1.82) is 0 Å². The summed E-state index contributed by atoms with van der Waals surface area (Å²) < 4.78 is 1.86. The van der Waals surface area contributed by atoms with E-state index in [0.717, 1.165) is 35.2 Å². The maximum absolute atomic E-state index is 12.1. The summed E-state index contributed by atoms with van der Waals surface area (Å²) in [6, 6.07) is 9.94. The third-order valence-electron chi connectivity index (χ3n) is 3.97. The molecule has 1 heterocycles. The fourth-order valence-corrected chi connectivity index (χ4v) is 2.54. The van der Waals surface area contributed by atoms with Gasteiger partial charge < -0.3 is 10.6 Å². The van der Waals surface area contributed by atoms with Crippen LogP contribution < -0.4 is 10.6 Å². The van der Waals surface area contributed by atoms with Gasteiger partial charge in [-0.05, 0) is 51.3 Å². The van der Waals surface area contributed by atoms with Gasteiger partial charge in [-0.1, -0.05) is 18.2 Å². The number of carbonyl (C=O) groups excluding carboxylic acids is 1. The van der Waals surface area contributed by atoms with E-state index in [1.807, 2.05) is 48.9 Å². The molecule has 0 unspecified atom stereocenters. The molecular weight excluding hydrogens is 276 g/mol. The van der Waals surface area contributed by atoms with Crippen LogP contribution in [0.2, 0.25) is 0 Å². The molecule has 1 aliphatic rings. The smallest absolute Gasteiger partial charge is 0.238 e. The highest BCUT2D eigenvalue weighted by atomic mass is 16.1. The van der Waals surface area contributed by atoms with Crippen LogP contribution in [0.25, 0.3) is 5.69 Å². The number of rotatable bonds is 6. The van der Waals surface area contributed by atoms with E-state index < -0.39 is 0 Å². The minimum Gasteiger partial charge on any atom is -0.322 e. The van der Waals surface area contributed by atoms with E-state index in [2.05, 4.69) is 15.7 Å². The van der Waals surface area contributed by atoms with Crippen LogP contribution in [0.3, 0.4) is 0 Å². The molecule has 2 N–H and O–H groups in total. The van der Waals surface area contributed by atoms with Crippen LogP contribution in [0.4, 0.5) is 5.69 Å². The molecule has 1 saturated carbocycles. The van der Waals surface area contributed by atoms with Gasteiger partial charge in [-0.15, -0.1) is 0 Å². The first kappa shape index (κ1) is 14.8. The average molecular weight is 298 g/mol. The van der Waals surface area contributed by atoms with Gasteiger partial charge in [0.25, 0.3) is 0 Å². The number of para-hydroxylation sites is 1. The summed E-state index contributed by atoms with van der Waals surface area (Å²) in [4.78, 5) is 12.1. The van der Waals surface area contributed by atoms with Gasteiger partial charge in [-0.25, -0.2) is 4.68 Å². The SMILES string of the molecule is Cc1nn(-c2ccccc2)c(C)c1NC(=O)CNCC1CC1. The standard InChI is InChI=1S/C17H22N4O/c1-12-17(19-16(22)11-18-10-14-8-9-14)13(2)21(20-12)15-6-4-3-5-7-15/h3-7,14,18H,8-11H2,1-2H3,(H,19,22). The number of hydrogen-bond acceptors (Lipinski definition) is 3. The topological polar surface area (TPSA) is 59.0 Å². The van der Waals surface area contributed by atoms with Crippen LogP contribution in [0.1, 0.15) is 24.2 Å². The zero-order valence-electron chi connectivity index (χ0n) is 13.1. The molecule has 0 radical (unpaired) electrons. The number of aryl methyl sites for hydroxylation is 1. The lowest BCUT2D eigenvalue weighted by molar-refractivity contribution is -0.115. The molecule has 1 aromatic carbocycles. The highest BCUT2D eigenvalue weighted by Gasteiger charge is 2.21. The quantitative estimate of drug-likeness (QED) is 0.861. The summed E-state index contributed by atoms with van der Waals surface area (Å²) >= 11 is 0. The molecule has 5 nitrogen and oxygen atoms in total. The summed E-state index contributed by atoms with van der Waals surface area (Å²) in [7, 11) is 0. The van der Waals surface area contributed by atoms with Crippen molar-refractivity contribution in [1.82, 2.24) is 15.1 Å². The Balaban J connectivity index is 1.68. The molecular formula is C17H22N4O. The van der Waals surface area contributed by atoms with Gasteiger partial charge in [0.2, 0.25) is 5.91 Å². The van der Waals surface area contributed by atoms with E-state index in [9.17, 15) is 4.79 Å². The van der Waals surface area contributed by atoms with E-state index in [1.54, 1.807) is 0 Å². The van der Waals surface area contributed by atoms with Crippen molar-refractivity contribution < 1.29 is 4.79 Å². The van der Waals surface area contributed by atoms with E-state index in [1.165, 1.54) is 12.8 Å². The Bertz CT molecular complexity index is 659. The Hall–Kier alpha value is -2.14. The summed E-state index contributed by atoms with van der Waals surface area (Å²) in [5.74, 6) is 0.761. The fraction of sp³-hybridized carbons (Fsp3) is 0.412. The monoisotopic (exact) mass is 298 g/mol. The minimum atomic E-state index is -0.0144. The van der Waals surface area contributed by atoms with Crippen molar-refractivity contribution in [2.75, 3.05) is 18.4 Å². The number of hydrogen-bond donors (Lipinski definition) is 2. The Morgan fingerprint density at radius 1 is 1.27 bits per heavy atom. The van der Waals surface area contributed by atoms with Crippen LogP contribution in [0, 0.1) is 19.8 Å². The number of benzene rings is 1. The van der Waals surface area contributed by atoms with E-state index >= 15 is 0 Å². The Morgan fingerprint density at radius 3 is 2.68 bits per heavy atom. The first-order chi connectivity index (χ1) is 10.6. The number of aromatic nitrogens is 2. The van der Waals surface area contributed by atoms with Crippen molar-refractivity contribution in [2.24, 2.45) is 5.92 Å². The van der Waals surface area contributed by atoms with Crippen LogP contribution in [-0.2, 0) is 4.79 Å². The van der Waals surface area contributed by atoms with Gasteiger partial charge in [0.1, 0.15) is 0 Å². The predicted molar refractivity (Wildman–Crippen MR) is 87.3 cm³/mol. The first-order valence-corrected chi connectivity index (χ1v) is 7.77. The van der Waals surface area contributed by atoms with E-state index in [4.69, 9.17) is 0 Å². The summed E-state index contributed by atoms with van der Waals surface area (Å²) in [6.45, 7) is 5.18. The molecule has 2 aromatic rings. The average Bonchev–Trinajstić information content (AvgIpc) is 3.30. The Morgan fingerprint density at radius 2 is 2.00 bits per heavy atom. The van der Waals surface area contributed by atoms with Gasteiger partial charge in [-0.2, -0.15) is 5.10 Å². The Labute approximate surface area is 130 Å². The number of amides is 1. The molecule has 0 aliphatic heterocycles. The second-order valence-electron chi connectivity index (χ2n) is 5.92. The highest BCUT2D eigenvalue weighted by molar-refractivity contribution is 5.93. The van der Waals surface area contributed by atoms with Gasteiger partial charge >= 0.3 is 0 Å². The molecule has 3 rings (SSSR count). The van der Waals surface area contributed by atoms with Crippen molar-refractivity contribution in [3.63, 3.8) is 0 Å². The number of nitrogens with one attached hydrogen (secondary N) is 2. The highest BCUT2D eigenvalue weighted by Crippen LogP contribution is 2.27. The van der Waals surface area contributed by atoms with Crippen LogP contribution in [0.15, 0.2) is 30.3 Å². The van der Waals surface area contributed by atoms with E-state index in [-0.39, 0.29) is 5.91 Å². The van der Waals surface area contributed by atoms with Gasteiger partial charge in [-0.3, -0.25) is 4.79 Å². The van der Waals surface area contributed by atoms with Crippen molar-refractivity contribution in [3.8, 4) is 5.69 Å². The molecule has 0 atom stereocenters. The zero-order valence-corrected chi connectivity index (χ0v) is 13.1. The maximum atomic E-state index is 12.1. The lowest BCUT2D eigenvalue weighted by atomic mass is 10.3. The van der Waals surface area contributed by atoms with Crippen molar-refractivity contribution in [3.05, 3.63) is 41.7 Å².